The Morgan fingerprint density at radius 1 is 1.02 bits per heavy atom. The van der Waals surface area contributed by atoms with Gasteiger partial charge in [0.05, 0.1) is 18.8 Å². The van der Waals surface area contributed by atoms with Gasteiger partial charge in [0.15, 0.2) is 17.2 Å². The quantitative estimate of drug-likeness (QED) is 0.152. The van der Waals surface area contributed by atoms with Gasteiger partial charge >= 0.3 is 0 Å². The van der Waals surface area contributed by atoms with Crippen LogP contribution in [0, 0.1) is 5.82 Å². The molecular formula is C31H29FN4O5. The van der Waals surface area contributed by atoms with E-state index in [4.69, 9.17) is 14.2 Å². The van der Waals surface area contributed by atoms with Gasteiger partial charge in [-0.3, -0.25) is 14.6 Å². The Kier molecular flexibility index (Phi) is 8.38. The molecule has 3 aromatic carbocycles. The highest BCUT2D eigenvalue weighted by molar-refractivity contribution is 5.89. The molecule has 10 heteroatoms. The molecule has 1 saturated heterocycles. The highest BCUT2D eigenvalue weighted by Crippen LogP contribution is 2.40. The van der Waals surface area contributed by atoms with E-state index in [1.54, 1.807) is 62.7 Å². The van der Waals surface area contributed by atoms with E-state index >= 15 is 0 Å². The summed E-state index contributed by atoms with van der Waals surface area (Å²) >= 11 is 0. The molecule has 0 aliphatic carbocycles. The number of carbonyl (C=O) groups excluding carboxylic acids is 2. The van der Waals surface area contributed by atoms with Crippen LogP contribution in [0.5, 0.6) is 23.0 Å². The second kappa shape index (κ2) is 12.5. The number of rotatable bonds is 9. The van der Waals surface area contributed by atoms with E-state index in [0.29, 0.717) is 64.7 Å². The first-order valence-electron chi connectivity index (χ1n) is 13.1. The lowest BCUT2D eigenvalue weighted by atomic mass is 10.1. The molecule has 0 atom stereocenters. The Hall–Kier alpha value is -4.99. The molecule has 9 nitrogen and oxygen atoms in total. The highest BCUT2D eigenvalue weighted by Gasteiger charge is 2.24. The van der Waals surface area contributed by atoms with Crippen LogP contribution in [-0.4, -0.2) is 54.7 Å². The first kappa shape index (κ1) is 27.6. The number of para-hydroxylation sites is 2. The summed E-state index contributed by atoms with van der Waals surface area (Å²) in [6.07, 6.45) is 5.07. The molecule has 0 unspecified atom stereocenters. The number of nitrogens with zero attached hydrogens (tertiary/aromatic N) is 4. The van der Waals surface area contributed by atoms with Crippen molar-refractivity contribution in [3.63, 3.8) is 0 Å². The number of anilines is 1. The Labute approximate surface area is 236 Å². The van der Waals surface area contributed by atoms with Crippen molar-refractivity contribution >= 4 is 35.1 Å². The molecule has 1 aliphatic heterocycles. The van der Waals surface area contributed by atoms with Crippen LogP contribution in [0.3, 0.4) is 0 Å². The minimum atomic E-state index is -0.358. The molecule has 0 saturated carbocycles. The molecule has 0 N–H and O–H groups in total. The average molecular weight is 557 g/mol. The lowest BCUT2D eigenvalue weighted by molar-refractivity contribution is -0.130. The number of aromatic nitrogens is 1. The summed E-state index contributed by atoms with van der Waals surface area (Å²) in [4.78, 5) is 30.0. The summed E-state index contributed by atoms with van der Waals surface area (Å²) in [7, 11) is 1.57. The smallest absolute Gasteiger partial charge is 0.234 e. The molecule has 0 spiro atoms. The predicted molar refractivity (Wildman–Crippen MR) is 153 cm³/mol. The van der Waals surface area contributed by atoms with E-state index in [0.717, 1.165) is 17.9 Å². The number of amides is 2. The fourth-order valence-corrected chi connectivity index (χ4v) is 4.61. The standard InChI is InChI=1S/C31H29FN4O5/c1-21(38)35-15-12-24(13-16-35)40-31-18-26-25(17-30(31)39-2)28(11-14-33-26)41-29-6-4-3-5-27(29)36(20-37)34-19-22-7-9-23(32)10-8-22/h3-11,14,17-20,24H,12-13,15-16H2,1-2H3. The Balaban J connectivity index is 1.40. The molecule has 2 amide bonds. The maximum Gasteiger partial charge on any atom is 0.234 e. The third-order valence-electron chi connectivity index (χ3n) is 6.80. The third-order valence-corrected chi connectivity index (χ3v) is 6.80. The zero-order chi connectivity index (χ0) is 28.8. The maximum atomic E-state index is 13.2. The van der Waals surface area contributed by atoms with Crippen LogP contribution in [0.4, 0.5) is 10.1 Å². The van der Waals surface area contributed by atoms with Crippen molar-refractivity contribution in [3.05, 3.63) is 84.3 Å². The van der Waals surface area contributed by atoms with Crippen LogP contribution in [0.2, 0.25) is 0 Å². The maximum absolute atomic E-state index is 13.2. The van der Waals surface area contributed by atoms with E-state index in [2.05, 4.69) is 10.1 Å². The Bertz CT molecular complexity index is 1570. The van der Waals surface area contributed by atoms with Crippen LogP contribution in [0.15, 0.2) is 78.0 Å². The Morgan fingerprint density at radius 2 is 1.78 bits per heavy atom. The molecule has 41 heavy (non-hydrogen) atoms. The summed E-state index contributed by atoms with van der Waals surface area (Å²) in [5.74, 6) is 1.68. The number of hydrogen-bond acceptors (Lipinski definition) is 7. The van der Waals surface area contributed by atoms with Crippen molar-refractivity contribution in [2.45, 2.75) is 25.9 Å². The lowest BCUT2D eigenvalue weighted by Crippen LogP contribution is -2.40. The van der Waals surface area contributed by atoms with E-state index in [9.17, 15) is 14.0 Å². The number of hydrazone groups is 1. The third kappa shape index (κ3) is 6.43. The summed E-state index contributed by atoms with van der Waals surface area (Å²) in [6, 6.07) is 18.1. The molecule has 1 aromatic heterocycles. The lowest BCUT2D eigenvalue weighted by Gasteiger charge is -2.31. The van der Waals surface area contributed by atoms with Crippen LogP contribution < -0.4 is 19.2 Å². The topological polar surface area (TPSA) is 93.6 Å². The average Bonchev–Trinajstić information content (AvgIpc) is 2.99. The van der Waals surface area contributed by atoms with Gasteiger partial charge in [0.2, 0.25) is 12.3 Å². The fraction of sp³-hybridized carbons (Fsp3) is 0.226. The Morgan fingerprint density at radius 3 is 2.49 bits per heavy atom. The normalized spacial score (nSPS) is 13.8. The molecule has 4 aromatic rings. The molecule has 210 valence electrons. The van der Waals surface area contributed by atoms with Gasteiger partial charge in [0.1, 0.15) is 23.4 Å². The van der Waals surface area contributed by atoms with Crippen molar-refractivity contribution in [1.82, 2.24) is 9.88 Å². The zero-order valence-electron chi connectivity index (χ0n) is 22.7. The second-order valence-electron chi connectivity index (χ2n) is 9.47. The number of pyridine rings is 1. The SMILES string of the molecule is COc1cc2c(Oc3ccccc3N(C=O)N=Cc3ccc(F)cc3)ccnc2cc1OC1CCN(C(C)=O)CC1. The number of piperidine rings is 1. The summed E-state index contributed by atoms with van der Waals surface area (Å²) < 4.78 is 31.5. The predicted octanol–water partition coefficient (Wildman–Crippen LogP) is 5.56. The first-order chi connectivity index (χ1) is 19.9. The van der Waals surface area contributed by atoms with Crippen molar-refractivity contribution in [2.24, 2.45) is 5.10 Å². The van der Waals surface area contributed by atoms with Gasteiger partial charge < -0.3 is 19.1 Å². The van der Waals surface area contributed by atoms with Gasteiger partial charge in [-0.2, -0.15) is 10.1 Å². The largest absolute Gasteiger partial charge is 0.493 e. The van der Waals surface area contributed by atoms with Crippen LogP contribution in [0.25, 0.3) is 10.9 Å². The first-order valence-corrected chi connectivity index (χ1v) is 13.1. The number of ether oxygens (including phenoxy) is 3. The number of fused-ring (bicyclic) bond motifs is 1. The number of halogens is 1. The fourth-order valence-electron chi connectivity index (χ4n) is 4.61. The zero-order valence-corrected chi connectivity index (χ0v) is 22.7. The van der Waals surface area contributed by atoms with Gasteiger partial charge in [-0.15, -0.1) is 0 Å². The number of benzene rings is 3. The molecule has 2 heterocycles. The minimum absolute atomic E-state index is 0.0481. The van der Waals surface area contributed by atoms with Crippen molar-refractivity contribution in [1.29, 1.82) is 0 Å². The monoisotopic (exact) mass is 556 g/mol. The van der Waals surface area contributed by atoms with E-state index in [1.165, 1.54) is 18.3 Å². The molecule has 5 rings (SSSR count). The van der Waals surface area contributed by atoms with Gasteiger partial charge in [-0.1, -0.05) is 24.3 Å². The van der Waals surface area contributed by atoms with Crippen LogP contribution in [-0.2, 0) is 9.59 Å². The van der Waals surface area contributed by atoms with Crippen LogP contribution >= 0.6 is 0 Å². The van der Waals surface area contributed by atoms with Gasteiger partial charge in [-0.25, -0.2) is 4.39 Å². The van der Waals surface area contributed by atoms with Crippen molar-refractivity contribution in [2.75, 3.05) is 25.2 Å². The summed E-state index contributed by atoms with van der Waals surface area (Å²) in [5.41, 5.74) is 1.68. The van der Waals surface area contributed by atoms with E-state index in [1.807, 2.05) is 17.0 Å². The van der Waals surface area contributed by atoms with Gasteiger partial charge in [0.25, 0.3) is 0 Å². The number of likely N-dealkylation sites (tertiary alicyclic amines) is 1. The summed E-state index contributed by atoms with van der Waals surface area (Å²) in [5, 5.41) is 6.08. The molecule has 1 fully saturated rings. The second-order valence-corrected chi connectivity index (χ2v) is 9.47. The molecule has 0 radical (unpaired) electrons. The molecular weight excluding hydrogens is 527 g/mol. The van der Waals surface area contributed by atoms with Crippen molar-refractivity contribution < 1.29 is 28.2 Å². The molecule has 0 bridgehead atoms. The van der Waals surface area contributed by atoms with Crippen molar-refractivity contribution in [3.8, 4) is 23.0 Å². The van der Waals surface area contributed by atoms with Crippen LogP contribution in [0.1, 0.15) is 25.3 Å². The molecule has 1 aliphatic rings. The highest BCUT2D eigenvalue weighted by atomic mass is 19.1. The van der Waals surface area contributed by atoms with E-state index in [-0.39, 0.29) is 17.8 Å². The van der Waals surface area contributed by atoms with E-state index < -0.39 is 0 Å². The number of hydrogen-bond donors (Lipinski definition) is 0. The summed E-state index contributed by atoms with van der Waals surface area (Å²) in [6.45, 7) is 2.88. The van der Waals surface area contributed by atoms with Gasteiger partial charge in [-0.05, 0) is 42.0 Å². The van der Waals surface area contributed by atoms with Gasteiger partial charge in [0, 0.05) is 50.5 Å². The number of carbonyl (C=O) groups is 2. The minimum Gasteiger partial charge on any atom is -0.493 e. The number of methoxy groups -OCH3 is 1.